The van der Waals surface area contributed by atoms with E-state index in [-0.39, 0.29) is 6.54 Å². The number of amides is 1. The Balaban J connectivity index is 3.97. The van der Waals surface area contributed by atoms with Gasteiger partial charge in [-0.3, -0.25) is 4.55 Å². The van der Waals surface area contributed by atoms with Crippen LogP contribution in [0.4, 0.5) is 4.79 Å². The maximum atomic E-state index is 11.6. The number of hydrogen-bond acceptors (Lipinski definition) is 5. The molecule has 22 heavy (non-hydrogen) atoms. The van der Waals surface area contributed by atoms with Crippen LogP contribution < -0.4 is 5.32 Å². The second kappa shape index (κ2) is 10.0. The minimum Gasteiger partial charge on any atom is -0.444 e. The first-order chi connectivity index (χ1) is 10.1. The Labute approximate surface area is 133 Å². The minimum absolute atomic E-state index is 0.300. The van der Waals surface area contributed by atoms with Crippen molar-refractivity contribution in [3.8, 4) is 0 Å². The molecule has 7 nitrogen and oxygen atoms in total. The highest BCUT2D eigenvalue weighted by Crippen LogP contribution is 2.19. The van der Waals surface area contributed by atoms with Gasteiger partial charge in [-0.2, -0.15) is 8.42 Å². The van der Waals surface area contributed by atoms with E-state index in [9.17, 15) is 18.3 Å². The van der Waals surface area contributed by atoms with Crippen molar-refractivity contribution >= 4 is 16.2 Å². The lowest BCUT2D eigenvalue weighted by atomic mass is 9.99. The fourth-order valence-electron chi connectivity index (χ4n) is 2.00. The van der Waals surface area contributed by atoms with Crippen LogP contribution in [0.15, 0.2) is 0 Å². The van der Waals surface area contributed by atoms with Gasteiger partial charge in [0.25, 0.3) is 10.1 Å². The molecule has 3 N–H and O–H groups in total. The van der Waals surface area contributed by atoms with Crippen LogP contribution in [0.25, 0.3) is 0 Å². The van der Waals surface area contributed by atoms with Gasteiger partial charge in [0.2, 0.25) is 0 Å². The number of carbonyl (C=O) groups excluding carboxylic acids is 1. The molecule has 0 aliphatic heterocycles. The number of aliphatic hydroxyl groups excluding tert-OH is 1. The third kappa shape index (κ3) is 12.8. The van der Waals surface area contributed by atoms with Crippen molar-refractivity contribution in [3.63, 3.8) is 0 Å². The molecule has 0 aromatic carbocycles. The average molecular weight is 339 g/mol. The lowest BCUT2D eigenvalue weighted by molar-refractivity contribution is 0.0288. The Morgan fingerprint density at radius 1 is 1.23 bits per heavy atom. The lowest BCUT2D eigenvalue weighted by Crippen LogP contribution is -2.40. The maximum Gasteiger partial charge on any atom is 0.407 e. The van der Waals surface area contributed by atoms with Crippen LogP contribution in [-0.2, 0) is 14.9 Å². The van der Waals surface area contributed by atoms with Gasteiger partial charge < -0.3 is 15.2 Å². The van der Waals surface area contributed by atoms with Gasteiger partial charge in [0.15, 0.2) is 0 Å². The summed E-state index contributed by atoms with van der Waals surface area (Å²) in [5.74, 6) is -0.825. The summed E-state index contributed by atoms with van der Waals surface area (Å²) in [5, 5.41) is 11.6. The van der Waals surface area contributed by atoms with E-state index in [1.54, 1.807) is 13.8 Å². The molecule has 0 bridgehead atoms. The second-order valence-corrected chi connectivity index (χ2v) is 7.59. The smallest absolute Gasteiger partial charge is 0.407 e. The van der Waals surface area contributed by atoms with Crippen LogP contribution in [0.3, 0.4) is 0 Å². The first-order valence-electron chi connectivity index (χ1n) is 7.66. The van der Waals surface area contributed by atoms with Gasteiger partial charge in [-0.1, -0.05) is 32.6 Å². The molecular formula is C14H29NO6S. The van der Waals surface area contributed by atoms with Crippen molar-refractivity contribution in [2.45, 2.75) is 71.0 Å². The van der Waals surface area contributed by atoms with E-state index < -0.39 is 33.7 Å². The van der Waals surface area contributed by atoms with Crippen molar-refractivity contribution in [3.05, 3.63) is 0 Å². The van der Waals surface area contributed by atoms with Gasteiger partial charge in [0.1, 0.15) is 11.4 Å². The Kier molecular flexibility index (Phi) is 9.63. The zero-order valence-electron chi connectivity index (χ0n) is 13.7. The van der Waals surface area contributed by atoms with E-state index in [2.05, 4.69) is 12.2 Å². The Hall–Kier alpha value is -0.860. The van der Waals surface area contributed by atoms with Gasteiger partial charge in [-0.05, 0) is 26.7 Å². The molecule has 132 valence electrons. The fraction of sp³-hybridized carbons (Fsp3) is 0.929. The van der Waals surface area contributed by atoms with Crippen molar-refractivity contribution in [2.75, 3.05) is 12.3 Å². The number of nitrogens with one attached hydrogen (secondary N) is 1. The molecule has 0 heterocycles. The van der Waals surface area contributed by atoms with E-state index >= 15 is 0 Å². The van der Waals surface area contributed by atoms with Gasteiger partial charge in [0, 0.05) is 6.54 Å². The molecule has 8 heteroatoms. The molecule has 0 aromatic rings. The molecule has 0 aliphatic carbocycles. The first kappa shape index (κ1) is 21.1. The number of unbranched alkanes of at least 4 members (excludes halogenated alkanes) is 4. The second-order valence-electron chi connectivity index (χ2n) is 6.10. The number of aliphatic hydroxyl groups is 1. The number of rotatable bonds is 11. The number of ether oxygens (including phenoxy) is 1. The van der Waals surface area contributed by atoms with Crippen molar-refractivity contribution in [2.24, 2.45) is 0 Å². The normalized spacial score (nSPS) is 13.7. The van der Waals surface area contributed by atoms with Crippen LogP contribution in [0.2, 0.25) is 0 Å². The van der Waals surface area contributed by atoms with Gasteiger partial charge in [-0.25, -0.2) is 4.79 Å². The third-order valence-corrected chi connectivity index (χ3v) is 3.94. The van der Waals surface area contributed by atoms with Crippen LogP contribution >= 0.6 is 0 Å². The van der Waals surface area contributed by atoms with Gasteiger partial charge in [0.05, 0.1) is 6.10 Å². The summed E-state index contributed by atoms with van der Waals surface area (Å²) in [6.45, 7) is 5.46. The summed E-state index contributed by atoms with van der Waals surface area (Å²) >= 11 is 0. The standard InChI is InChI=1S/C14H29NO6S/c1-4-5-6-7-8-9-14(2,3)21-13(17)15-10-12(16)11-22(18,19)20/h12,16H,4-11H2,1-3H3,(H,15,17)(H,18,19,20). The van der Waals surface area contributed by atoms with Gasteiger partial charge >= 0.3 is 6.09 Å². The molecule has 0 aromatic heterocycles. The molecule has 0 saturated heterocycles. The Morgan fingerprint density at radius 2 is 1.82 bits per heavy atom. The molecular weight excluding hydrogens is 310 g/mol. The minimum atomic E-state index is -4.27. The molecule has 1 unspecified atom stereocenters. The highest BCUT2D eigenvalue weighted by Gasteiger charge is 2.23. The Morgan fingerprint density at radius 3 is 2.36 bits per heavy atom. The van der Waals surface area contributed by atoms with Crippen molar-refractivity contribution in [1.82, 2.24) is 5.32 Å². The van der Waals surface area contributed by atoms with Crippen LogP contribution in [-0.4, -0.2) is 48.2 Å². The van der Waals surface area contributed by atoms with E-state index in [1.807, 2.05) is 0 Å². The van der Waals surface area contributed by atoms with Crippen LogP contribution in [0.1, 0.15) is 59.3 Å². The monoisotopic (exact) mass is 339 g/mol. The fourth-order valence-corrected chi connectivity index (χ4v) is 2.60. The first-order valence-corrected chi connectivity index (χ1v) is 9.27. The number of carbonyl (C=O) groups is 1. The lowest BCUT2D eigenvalue weighted by Gasteiger charge is -2.25. The molecule has 0 aliphatic rings. The highest BCUT2D eigenvalue weighted by atomic mass is 32.2. The average Bonchev–Trinajstić information content (AvgIpc) is 2.33. The van der Waals surface area contributed by atoms with Gasteiger partial charge in [-0.15, -0.1) is 0 Å². The highest BCUT2D eigenvalue weighted by molar-refractivity contribution is 7.85. The summed E-state index contributed by atoms with van der Waals surface area (Å²) in [5.41, 5.74) is -0.621. The predicted octanol–water partition coefficient (Wildman–Crippen LogP) is 2.10. The SMILES string of the molecule is CCCCCCCC(C)(C)OC(=O)NCC(O)CS(=O)(=O)O. The molecule has 0 rings (SSSR count). The number of hydrogen-bond donors (Lipinski definition) is 3. The topological polar surface area (TPSA) is 113 Å². The summed E-state index contributed by atoms with van der Waals surface area (Å²) < 4.78 is 34.9. The van der Waals surface area contributed by atoms with Crippen LogP contribution in [0.5, 0.6) is 0 Å². The summed E-state index contributed by atoms with van der Waals surface area (Å²) in [7, 11) is -4.27. The Bertz CT molecular complexity index is 421. The zero-order chi connectivity index (χ0) is 17.2. The van der Waals surface area contributed by atoms with E-state index in [0.717, 1.165) is 19.3 Å². The molecule has 0 spiro atoms. The molecule has 0 saturated carbocycles. The third-order valence-electron chi connectivity index (χ3n) is 3.14. The quantitative estimate of drug-likeness (QED) is 0.392. The van der Waals surface area contributed by atoms with E-state index in [1.165, 1.54) is 19.3 Å². The molecule has 1 atom stereocenters. The molecule has 0 fully saturated rings. The summed E-state index contributed by atoms with van der Waals surface area (Å²) in [4.78, 5) is 11.6. The van der Waals surface area contributed by atoms with Crippen molar-refractivity contribution in [1.29, 1.82) is 0 Å². The number of alkyl carbamates (subject to hydrolysis) is 1. The zero-order valence-corrected chi connectivity index (χ0v) is 14.5. The predicted molar refractivity (Wildman–Crippen MR) is 84.4 cm³/mol. The molecule has 1 amide bonds. The summed E-state index contributed by atoms with van der Waals surface area (Å²) in [6, 6.07) is 0. The summed E-state index contributed by atoms with van der Waals surface area (Å²) in [6.07, 6.45) is 4.24. The van der Waals surface area contributed by atoms with Crippen LogP contribution in [0, 0.1) is 0 Å². The largest absolute Gasteiger partial charge is 0.444 e. The van der Waals surface area contributed by atoms with E-state index in [0.29, 0.717) is 0 Å². The van der Waals surface area contributed by atoms with Crippen molar-refractivity contribution < 1.29 is 27.6 Å². The maximum absolute atomic E-state index is 11.6. The molecule has 0 radical (unpaired) electrons. The van der Waals surface area contributed by atoms with E-state index in [4.69, 9.17) is 9.29 Å².